The fraction of sp³-hybridized carbons (Fsp3) is 0.417. The molecule has 7 heteroatoms. The van der Waals surface area contributed by atoms with Crippen molar-refractivity contribution in [3.05, 3.63) is 80.3 Å². The Hall–Kier alpha value is -3.22. The zero-order valence-electron chi connectivity index (χ0n) is 17.9. The van der Waals surface area contributed by atoms with Crippen molar-refractivity contribution in [2.75, 3.05) is 19.7 Å². The summed E-state index contributed by atoms with van der Waals surface area (Å²) < 4.78 is 5.16. The zero-order valence-corrected chi connectivity index (χ0v) is 17.9. The Morgan fingerprint density at radius 3 is 2.81 bits per heavy atom. The summed E-state index contributed by atoms with van der Waals surface area (Å²) in [4.78, 5) is 30.3. The van der Waals surface area contributed by atoms with Crippen molar-refractivity contribution >= 4 is 12.2 Å². The number of hydrogen-bond acceptors (Lipinski definition) is 5. The van der Waals surface area contributed by atoms with E-state index in [4.69, 9.17) is 9.72 Å². The summed E-state index contributed by atoms with van der Waals surface area (Å²) >= 11 is 0. The van der Waals surface area contributed by atoms with Gasteiger partial charge in [-0.1, -0.05) is 23.8 Å². The van der Waals surface area contributed by atoms with Crippen LogP contribution in [0, 0.1) is 16.0 Å². The van der Waals surface area contributed by atoms with Crippen LogP contribution < -0.4 is 0 Å². The van der Waals surface area contributed by atoms with Crippen LogP contribution in [0.25, 0.3) is 6.08 Å². The van der Waals surface area contributed by atoms with Gasteiger partial charge in [0.25, 0.3) is 5.70 Å². The molecule has 0 aromatic carbocycles. The first-order valence-electron chi connectivity index (χ1n) is 10.8. The highest BCUT2D eigenvalue weighted by atomic mass is 16.6. The number of piperidine rings is 1. The third-order valence-corrected chi connectivity index (χ3v) is 6.24. The predicted molar refractivity (Wildman–Crippen MR) is 118 cm³/mol. The molecule has 0 radical (unpaired) electrons. The normalized spacial score (nSPS) is 21.4. The number of nitro groups is 1. The lowest BCUT2D eigenvalue weighted by Crippen LogP contribution is -2.40. The lowest BCUT2D eigenvalue weighted by atomic mass is 9.75. The molecule has 1 aromatic heterocycles. The van der Waals surface area contributed by atoms with Gasteiger partial charge in [-0.3, -0.25) is 15.1 Å². The van der Waals surface area contributed by atoms with E-state index in [2.05, 4.69) is 6.08 Å². The van der Waals surface area contributed by atoms with Gasteiger partial charge < -0.3 is 9.64 Å². The van der Waals surface area contributed by atoms with E-state index in [0.717, 1.165) is 41.7 Å². The number of aromatic nitrogens is 1. The molecule has 1 unspecified atom stereocenters. The quantitative estimate of drug-likeness (QED) is 0.513. The Kier molecular flexibility index (Phi) is 6.02. The molecule has 4 rings (SSSR count). The summed E-state index contributed by atoms with van der Waals surface area (Å²) in [7, 11) is 0. The highest BCUT2D eigenvalue weighted by Gasteiger charge is 2.38. The van der Waals surface area contributed by atoms with Crippen molar-refractivity contribution in [3.8, 4) is 0 Å². The van der Waals surface area contributed by atoms with Crippen molar-refractivity contribution < 1.29 is 14.5 Å². The second-order valence-electron chi connectivity index (χ2n) is 8.23. The Morgan fingerprint density at radius 2 is 2.10 bits per heavy atom. The van der Waals surface area contributed by atoms with E-state index in [1.807, 2.05) is 31.2 Å². The molecule has 0 spiro atoms. The number of rotatable bonds is 3. The van der Waals surface area contributed by atoms with E-state index in [0.29, 0.717) is 25.3 Å². The van der Waals surface area contributed by atoms with Gasteiger partial charge in [0.15, 0.2) is 0 Å². The number of nitrogens with zero attached hydrogens (tertiary/aromatic N) is 3. The minimum atomic E-state index is -0.291. The minimum absolute atomic E-state index is 0.0670. The zero-order chi connectivity index (χ0) is 22.0. The topological polar surface area (TPSA) is 85.6 Å². The first-order chi connectivity index (χ1) is 15.0. The summed E-state index contributed by atoms with van der Waals surface area (Å²) in [6.45, 7) is 5.39. The molecule has 1 amide bonds. The van der Waals surface area contributed by atoms with Crippen LogP contribution in [0.1, 0.15) is 50.3 Å². The smallest absolute Gasteiger partial charge is 0.409 e. The molecule has 0 bridgehead atoms. The van der Waals surface area contributed by atoms with E-state index in [1.165, 1.54) is 0 Å². The molecule has 3 aliphatic rings. The highest BCUT2D eigenvalue weighted by Crippen LogP contribution is 2.45. The van der Waals surface area contributed by atoms with Crippen molar-refractivity contribution in [2.24, 2.45) is 5.92 Å². The maximum atomic E-state index is 12.1. The fourth-order valence-corrected chi connectivity index (χ4v) is 4.79. The number of allylic oxidation sites excluding steroid dienone is 5. The number of fused-ring (bicyclic) bond motifs is 1. The number of carbonyl (C=O) groups excluding carboxylic acids is 1. The van der Waals surface area contributed by atoms with Gasteiger partial charge in [0, 0.05) is 36.8 Å². The van der Waals surface area contributed by atoms with Crippen LogP contribution in [-0.2, 0) is 4.74 Å². The monoisotopic (exact) mass is 421 g/mol. The van der Waals surface area contributed by atoms with Crippen LogP contribution in [0.3, 0.4) is 0 Å². The molecule has 2 aliphatic carbocycles. The lowest BCUT2D eigenvalue weighted by Gasteiger charge is -2.36. The minimum Gasteiger partial charge on any atom is -0.450 e. The average molecular weight is 421 g/mol. The standard InChI is InChI=1S/C24H27N3O4/c1-3-31-24(28)26-12-9-17(10-13-26)22-19-8-4-6-16(2)14-20(19)21(27(29)30)15-18-7-5-11-25-23(18)22/h4-5,7-8,11,14-15,17,22H,3,6,9-10,12-13H2,1-2H3. The molecule has 1 atom stereocenters. The van der Waals surface area contributed by atoms with Gasteiger partial charge in [-0.05, 0) is 56.7 Å². The lowest BCUT2D eigenvalue weighted by molar-refractivity contribution is -0.418. The van der Waals surface area contributed by atoms with Gasteiger partial charge in [0.05, 0.1) is 22.8 Å². The molecule has 1 fully saturated rings. The first kappa shape index (κ1) is 21.0. The second-order valence-corrected chi connectivity index (χ2v) is 8.23. The summed E-state index contributed by atoms with van der Waals surface area (Å²) in [6.07, 6.45) is 11.6. The van der Waals surface area contributed by atoms with Gasteiger partial charge in [-0.25, -0.2) is 4.79 Å². The molecule has 31 heavy (non-hydrogen) atoms. The van der Waals surface area contributed by atoms with Gasteiger partial charge in [-0.15, -0.1) is 0 Å². The van der Waals surface area contributed by atoms with Crippen LogP contribution in [0.15, 0.2) is 59.0 Å². The Bertz CT molecular complexity index is 1010. The average Bonchev–Trinajstić information content (AvgIpc) is 3.02. The van der Waals surface area contributed by atoms with Crippen LogP contribution in [0.5, 0.6) is 0 Å². The third-order valence-electron chi connectivity index (χ3n) is 6.24. The fourth-order valence-electron chi connectivity index (χ4n) is 4.79. The number of amides is 1. The molecular formula is C24H27N3O4. The summed E-state index contributed by atoms with van der Waals surface area (Å²) in [5.41, 5.74) is 4.49. The first-order valence-corrected chi connectivity index (χ1v) is 10.8. The van der Waals surface area contributed by atoms with E-state index in [9.17, 15) is 14.9 Å². The van der Waals surface area contributed by atoms with E-state index in [-0.39, 0.29) is 28.5 Å². The maximum absolute atomic E-state index is 12.1. The molecule has 7 nitrogen and oxygen atoms in total. The summed E-state index contributed by atoms with van der Waals surface area (Å²) in [6, 6.07) is 3.72. The van der Waals surface area contributed by atoms with Gasteiger partial charge in [-0.2, -0.15) is 0 Å². The molecular weight excluding hydrogens is 394 g/mol. The van der Waals surface area contributed by atoms with Crippen LogP contribution in [0.2, 0.25) is 0 Å². The van der Waals surface area contributed by atoms with E-state index >= 15 is 0 Å². The van der Waals surface area contributed by atoms with Crippen LogP contribution in [-0.4, -0.2) is 40.6 Å². The van der Waals surface area contributed by atoms with Gasteiger partial charge >= 0.3 is 6.09 Å². The third kappa shape index (κ3) is 4.17. The SMILES string of the molecule is CCOC(=O)N1CCC(C2C3=C(C=C(C)CC=C3)C([N+](=O)[O-])=Cc3cccnc32)CC1. The maximum Gasteiger partial charge on any atom is 0.409 e. The molecule has 1 aromatic rings. The largest absolute Gasteiger partial charge is 0.450 e. The van der Waals surface area contributed by atoms with Crippen molar-refractivity contribution in [1.29, 1.82) is 0 Å². The Morgan fingerprint density at radius 1 is 1.32 bits per heavy atom. The molecule has 1 saturated heterocycles. The number of carbonyl (C=O) groups is 1. The van der Waals surface area contributed by atoms with Gasteiger partial charge in [0.1, 0.15) is 0 Å². The van der Waals surface area contributed by atoms with E-state index < -0.39 is 0 Å². The van der Waals surface area contributed by atoms with Gasteiger partial charge in [0.2, 0.25) is 0 Å². The number of ether oxygens (including phenoxy) is 1. The number of hydrogen-bond donors (Lipinski definition) is 0. The van der Waals surface area contributed by atoms with Crippen LogP contribution in [0.4, 0.5) is 4.79 Å². The number of likely N-dealkylation sites (tertiary alicyclic amines) is 1. The second kappa shape index (κ2) is 8.88. The predicted octanol–water partition coefficient (Wildman–Crippen LogP) is 4.87. The summed E-state index contributed by atoms with van der Waals surface area (Å²) in [5.74, 6) is 0.155. The highest BCUT2D eigenvalue weighted by molar-refractivity contribution is 5.68. The molecule has 162 valence electrons. The molecule has 0 N–H and O–H groups in total. The Balaban J connectivity index is 1.78. The van der Waals surface area contributed by atoms with Crippen molar-refractivity contribution in [1.82, 2.24) is 9.88 Å². The molecule has 2 heterocycles. The summed E-state index contributed by atoms with van der Waals surface area (Å²) in [5, 5.41) is 12.0. The van der Waals surface area contributed by atoms with E-state index in [1.54, 1.807) is 24.1 Å². The Labute approximate surface area is 181 Å². The van der Waals surface area contributed by atoms with Crippen molar-refractivity contribution in [2.45, 2.75) is 39.0 Å². The van der Waals surface area contributed by atoms with Crippen molar-refractivity contribution in [3.63, 3.8) is 0 Å². The molecule has 0 saturated carbocycles. The molecule has 1 aliphatic heterocycles. The van der Waals surface area contributed by atoms with Crippen LogP contribution >= 0.6 is 0 Å². The number of pyridine rings is 1.